The minimum absolute atomic E-state index is 0. The molecule has 3 N–H and O–H groups in total. The molecule has 144 valence electrons. The molecule has 0 radical (unpaired) electrons. The average Bonchev–Trinajstić information content (AvgIpc) is 3.00. The van der Waals surface area contributed by atoms with Crippen LogP contribution in [-0.4, -0.2) is 34.7 Å². The summed E-state index contributed by atoms with van der Waals surface area (Å²) in [7, 11) is 0. The number of hydrogen-bond donors (Lipinski definition) is 3. The zero-order valence-corrected chi connectivity index (χ0v) is 18.2. The van der Waals surface area contributed by atoms with E-state index >= 15 is 0 Å². The standard InChI is InChI=1S/C18H32N4O2.HI/c1-5-19-16(22-13-18(23)9-7-6-8-10-18)21-12-15-20-11-14(24-15)17(2,3)4;/h11,23H,5-10,12-13H2,1-4H3,(H2,19,21,22);1H. The van der Waals surface area contributed by atoms with E-state index in [-0.39, 0.29) is 29.4 Å². The monoisotopic (exact) mass is 464 g/mol. The molecule has 1 fully saturated rings. The molecule has 1 aromatic heterocycles. The van der Waals surface area contributed by atoms with Crippen LogP contribution in [0, 0.1) is 0 Å². The lowest BCUT2D eigenvalue weighted by molar-refractivity contribution is 0.00859. The van der Waals surface area contributed by atoms with Gasteiger partial charge in [-0.05, 0) is 19.8 Å². The summed E-state index contributed by atoms with van der Waals surface area (Å²) in [6, 6.07) is 0. The maximum atomic E-state index is 10.6. The third-order valence-corrected chi connectivity index (χ3v) is 4.38. The highest BCUT2D eigenvalue weighted by atomic mass is 127. The summed E-state index contributed by atoms with van der Waals surface area (Å²) < 4.78 is 5.77. The molecule has 1 aromatic rings. The number of halogens is 1. The van der Waals surface area contributed by atoms with E-state index in [1.54, 1.807) is 6.20 Å². The summed E-state index contributed by atoms with van der Waals surface area (Å²) in [6.45, 7) is 9.98. The number of nitrogens with zero attached hydrogens (tertiary/aromatic N) is 2. The Morgan fingerprint density at radius 2 is 1.96 bits per heavy atom. The van der Waals surface area contributed by atoms with Gasteiger partial charge in [0.2, 0.25) is 5.89 Å². The zero-order valence-electron chi connectivity index (χ0n) is 15.9. The van der Waals surface area contributed by atoms with Gasteiger partial charge < -0.3 is 20.2 Å². The molecule has 7 heteroatoms. The van der Waals surface area contributed by atoms with Crippen LogP contribution in [0.2, 0.25) is 0 Å². The van der Waals surface area contributed by atoms with Crippen molar-refractivity contribution >= 4 is 29.9 Å². The molecule has 1 aliphatic rings. The molecule has 0 spiro atoms. The molecule has 0 amide bonds. The number of oxazole rings is 1. The van der Waals surface area contributed by atoms with E-state index in [4.69, 9.17) is 4.42 Å². The largest absolute Gasteiger partial charge is 0.443 e. The minimum atomic E-state index is -0.614. The fourth-order valence-corrected chi connectivity index (χ4v) is 2.85. The third kappa shape index (κ3) is 7.13. The predicted molar refractivity (Wildman–Crippen MR) is 111 cm³/mol. The van der Waals surface area contributed by atoms with Crippen LogP contribution in [0.3, 0.4) is 0 Å². The Kier molecular flexibility index (Phi) is 8.67. The van der Waals surface area contributed by atoms with Crippen LogP contribution < -0.4 is 10.6 Å². The number of nitrogens with one attached hydrogen (secondary N) is 2. The molecule has 1 saturated carbocycles. The molecule has 0 aromatic carbocycles. The van der Waals surface area contributed by atoms with Crippen LogP contribution in [-0.2, 0) is 12.0 Å². The van der Waals surface area contributed by atoms with E-state index in [0.29, 0.717) is 24.9 Å². The van der Waals surface area contributed by atoms with Gasteiger partial charge in [0.05, 0.1) is 11.8 Å². The lowest BCUT2D eigenvalue weighted by Crippen LogP contribution is -2.48. The summed E-state index contributed by atoms with van der Waals surface area (Å²) in [5.74, 6) is 2.16. The fourth-order valence-electron chi connectivity index (χ4n) is 2.85. The second kappa shape index (κ2) is 9.75. The number of hydrogen-bond acceptors (Lipinski definition) is 4. The molecule has 0 bridgehead atoms. The molecule has 1 aliphatic carbocycles. The van der Waals surface area contributed by atoms with E-state index in [1.165, 1.54) is 6.42 Å². The van der Waals surface area contributed by atoms with Crippen molar-refractivity contribution in [1.29, 1.82) is 0 Å². The highest BCUT2D eigenvalue weighted by Crippen LogP contribution is 2.27. The van der Waals surface area contributed by atoms with Gasteiger partial charge >= 0.3 is 0 Å². The van der Waals surface area contributed by atoms with Crippen molar-refractivity contribution in [1.82, 2.24) is 15.6 Å². The van der Waals surface area contributed by atoms with Crippen LogP contribution in [0.25, 0.3) is 0 Å². The zero-order chi connectivity index (χ0) is 17.6. The Bertz CT molecular complexity index is 546. The first-order valence-corrected chi connectivity index (χ1v) is 9.02. The summed E-state index contributed by atoms with van der Waals surface area (Å²) in [6.07, 6.45) is 6.89. The van der Waals surface area contributed by atoms with Gasteiger partial charge in [0, 0.05) is 18.5 Å². The first-order valence-electron chi connectivity index (χ1n) is 9.02. The van der Waals surface area contributed by atoms with Gasteiger partial charge in [0.1, 0.15) is 12.3 Å². The summed E-state index contributed by atoms with van der Waals surface area (Å²) in [5, 5.41) is 17.1. The van der Waals surface area contributed by atoms with Gasteiger partial charge in [-0.2, -0.15) is 0 Å². The molecule has 0 aliphatic heterocycles. The quantitative estimate of drug-likeness (QED) is 0.354. The number of aliphatic imine (C=N–C) groups is 1. The third-order valence-electron chi connectivity index (χ3n) is 4.38. The Labute approximate surface area is 168 Å². The van der Waals surface area contributed by atoms with E-state index in [9.17, 15) is 5.11 Å². The van der Waals surface area contributed by atoms with Gasteiger partial charge in [0.25, 0.3) is 0 Å². The maximum Gasteiger partial charge on any atom is 0.216 e. The SMILES string of the molecule is CCNC(=NCc1ncc(C(C)(C)C)o1)NCC1(O)CCCCC1.I. The van der Waals surface area contributed by atoms with Gasteiger partial charge in [0.15, 0.2) is 5.96 Å². The molecule has 1 heterocycles. The first-order chi connectivity index (χ1) is 11.3. The number of guanidine groups is 1. The fraction of sp³-hybridized carbons (Fsp3) is 0.778. The summed E-state index contributed by atoms with van der Waals surface area (Å²) in [4.78, 5) is 8.82. The highest BCUT2D eigenvalue weighted by Gasteiger charge is 2.29. The summed E-state index contributed by atoms with van der Waals surface area (Å²) in [5.41, 5.74) is -0.668. The molecule has 0 saturated heterocycles. The van der Waals surface area contributed by atoms with Crippen LogP contribution in [0.1, 0.15) is 71.5 Å². The van der Waals surface area contributed by atoms with Crippen molar-refractivity contribution < 1.29 is 9.52 Å². The molecule has 6 nitrogen and oxygen atoms in total. The van der Waals surface area contributed by atoms with Crippen molar-refractivity contribution in [3.63, 3.8) is 0 Å². The lowest BCUT2D eigenvalue weighted by Gasteiger charge is -2.32. The van der Waals surface area contributed by atoms with E-state index in [1.807, 2.05) is 6.92 Å². The average molecular weight is 464 g/mol. The number of rotatable bonds is 5. The first kappa shape index (κ1) is 22.2. The number of aromatic nitrogens is 1. The van der Waals surface area contributed by atoms with E-state index in [2.05, 4.69) is 41.4 Å². The van der Waals surface area contributed by atoms with Crippen molar-refractivity contribution in [3.8, 4) is 0 Å². The van der Waals surface area contributed by atoms with Crippen molar-refractivity contribution in [2.24, 2.45) is 4.99 Å². The highest BCUT2D eigenvalue weighted by molar-refractivity contribution is 14.0. The molecule has 2 rings (SSSR count). The maximum absolute atomic E-state index is 10.6. The molecular formula is C18H33IN4O2. The normalized spacial score (nSPS) is 17.7. The van der Waals surface area contributed by atoms with Crippen LogP contribution in [0.5, 0.6) is 0 Å². The Morgan fingerprint density at radius 3 is 2.52 bits per heavy atom. The van der Waals surface area contributed by atoms with E-state index in [0.717, 1.165) is 38.0 Å². The van der Waals surface area contributed by atoms with Gasteiger partial charge in [-0.3, -0.25) is 0 Å². The van der Waals surface area contributed by atoms with Gasteiger partial charge in [-0.1, -0.05) is 40.0 Å². The minimum Gasteiger partial charge on any atom is -0.443 e. The van der Waals surface area contributed by atoms with Crippen LogP contribution >= 0.6 is 24.0 Å². The van der Waals surface area contributed by atoms with E-state index < -0.39 is 5.60 Å². The van der Waals surface area contributed by atoms with Crippen molar-refractivity contribution in [2.45, 2.75) is 77.4 Å². The smallest absolute Gasteiger partial charge is 0.216 e. The topological polar surface area (TPSA) is 82.7 Å². The van der Waals surface area contributed by atoms with Gasteiger partial charge in [-0.25, -0.2) is 9.98 Å². The number of aliphatic hydroxyl groups is 1. The predicted octanol–water partition coefficient (Wildman–Crippen LogP) is 3.34. The lowest BCUT2D eigenvalue weighted by atomic mass is 9.85. The second-order valence-corrected chi connectivity index (χ2v) is 7.70. The molecular weight excluding hydrogens is 431 g/mol. The Hall–Kier alpha value is -0.830. The Balaban J connectivity index is 0.00000312. The Morgan fingerprint density at radius 1 is 1.28 bits per heavy atom. The van der Waals surface area contributed by atoms with Crippen LogP contribution in [0.15, 0.2) is 15.6 Å². The van der Waals surface area contributed by atoms with Crippen molar-refractivity contribution in [2.75, 3.05) is 13.1 Å². The summed E-state index contributed by atoms with van der Waals surface area (Å²) >= 11 is 0. The molecule has 25 heavy (non-hydrogen) atoms. The van der Waals surface area contributed by atoms with Crippen LogP contribution in [0.4, 0.5) is 0 Å². The van der Waals surface area contributed by atoms with Gasteiger partial charge in [-0.15, -0.1) is 24.0 Å². The second-order valence-electron chi connectivity index (χ2n) is 7.70. The van der Waals surface area contributed by atoms with Crippen molar-refractivity contribution in [3.05, 3.63) is 17.8 Å². The molecule has 0 atom stereocenters. The molecule has 0 unspecified atom stereocenters.